The minimum atomic E-state index is -0.374. The van der Waals surface area contributed by atoms with Gasteiger partial charge in [0.1, 0.15) is 5.69 Å². The highest BCUT2D eigenvalue weighted by atomic mass is 32.2. The fraction of sp³-hybridized carbons (Fsp3) is 0.500. The van der Waals surface area contributed by atoms with E-state index in [2.05, 4.69) is 15.3 Å². The van der Waals surface area contributed by atoms with Crippen LogP contribution in [0.5, 0.6) is 0 Å². The van der Waals surface area contributed by atoms with Crippen LogP contribution in [-0.4, -0.2) is 45.1 Å². The number of carbonyl (C=O) groups excluding carboxylic acids is 1. The van der Waals surface area contributed by atoms with Gasteiger partial charge in [-0.05, 0) is 13.2 Å². The highest BCUT2D eigenvalue weighted by molar-refractivity contribution is 7.99. The fourth-order valence-electron chi connectivity index (χ4n) is 1.28. The molecule has 0 aromatic carbocycles. The van der Waals surface area contributed by atoms with E-state index in [4.69, 9.17) is 5.11 Å². The van der Waals surface area contributed by atoms with E-state index in [9.17, 15) is 9.59 Å². The summed E-state index contributed by atoms with van der Waals surface area (Å²) in [5.74, 6) is -0.374. The lowest BCUT2D eigenvalue weighted by molar-refractivity contribution is 0.0930. The maximum Gasteiger partial charge on any atom is 0.271 e. The first-order chi connectivity index (χ1) is 8.08. The molecular formula is C10H15N3O3S. The molecule has 1 heterocycles. The summed E-state index contributed by atoms with van der Waals surface area (Å²) in [7, 11) is 0. The minimum Gasteiger partial charge on any atom is -0.395 e. The van der Waals surface area contributed by atoms with Crippen molar-refractivity contribution >= 4 is 17.7 Å². The molecule has 6 nitrogen and oxygen atoms in total. The van der Waals surface area contributed by atoms with Crippen molar-refractivity contribution in [1.29, 1.82) is 0 Å². The van der Waals surface area contributed by atoms with Gasteiger partial charge in [0.25, 0.3) is 11.5 Å². The summed E-state index contributed by atoms with van der Waals surface area (Å²) < 4.78 is 0. The number of rotatable bonds is 5. The number of hydrogen-bond acceptors (Lipinski definition) is 5. The van der Waals surface area contributed by atoms with Crippen molar-refractivity contribution in [3.63, 3.8) is 0 Å². The van der Waals surface area contributed by atoms with Crippen LogP contribution in [0.15, 0.2) is 17.2 Å². The van der Waals surface area contributed by atoms with Gasteiger partial charge < -0.3 is 15.4 Å². The van der Waals surface area contributed by atoms with E-state index < -0.39 is 0 Å². The largest absolute Gasteiger partial charge is 0.395 e. The molecule has 0 aliphatic rings. The van der Waals surface area contributed by atoms with Crippen LogP contribution in [-0.2, 0) is 0 Å². The van der Waals surface area contributed by atoms with Crippen LogP contribution >= 0.6 is 11.8 Å². The van der Waals surface area contributed by atoms with Crippen molar-refractivity contribution in [2.75, 3.05) is 12.9 Å². The number of hydrogen-bond donors (Lipinski definition) is 3. The zero-order valence-electron chi connectivity index (χ0n) is 9.64. The van der Waals surface area contributed by atoms with Crippen LogP contribution < -0.4 is 10.9 Å². The van der Waals surface area contributed by atoms with Crippen LogP contribution in [0.25, 0.3) is 0 Å². The first-order valence-corrected chi connectivity index (χ1v) is 6.36. The van der Waals surface area contributed by atoms with E-state index in [1.54, 1.807) is 6.92 Å². The number of carbonyl (C=O) groups is 1. The molecule has 0 bridgehead atoms. The molecule has 0 saturated heterocycles. The Hall–Kier alpha value is -1.34. The lowest BCUT2D eigenvalue weighted by Gasteiger charge is -2.20. The van der Waals surface area contributed by atoms with Crippen LogP contribution in [0.1, 0.15) is 17.4 Å². The number of amides is 1. The summed E-state index contributed by atoms with van der Waals surface area (Å²) in [6.45, 7) is 1.79. The SMILES string of the molecule is CSC(CO)C(C)NC(=O)c1c[nH]c(=O)cn1. The zero-order chi connectivity index (χ0) is 12.8. The lowest BCUT2D eigenvalue weighted by Crippen LogP contribution is -2.41. The Morgan fingerprint density at radius 1 is 1.71 bits per heavy atom. The Bertz CT molecular complexity index is 411. The zero-order valence-corrected chi connectivity index (χ0v) is 10.5. The monoisotopic (exact) mass is 257 g/mol. The predicted molar refractivity (Wildman–Crippen MR) is 66.2 cm³/mol. The van der Waals surface area contributed by atoms with Gasteiger partial charge in [0.15, 0.2) is 0 Å². The number of aliphatic hydroxyl groups is 1. The van der Waals surface area contributed by atoms with Crippen LogP contribution in [0.4, 0.5) is 0 Å². The molecule has 3 N–H and O–H groups in total. The number of thioether (sulfide) groups is 1. The molecule has 0 aliphatic carbocycles. The first kappa shape index (κ1) is 13.7. The third kappa shape index (κ3) is 3.86. The molecule has 2 unspecified atom stereocenters. The number of H-pyrrole nitrogens is 1. The Morgan fingerprint density at radius 3 is 2.88 bits per heavy atom. The smallest absolute Gasteiger partial charge is 0.271 e. The van der Waals surface area contributed by atoms with Gasteiger partial charge in [-0.15, -0.1) is 0 Å². The van der Waals surface area contributed by atoms with Crippen LogP contribution in [0, 0.1) is 0 Å². The molecule has 1 rings (SSSR count). The molecular weight excluding hydrogens is 242 g/mol. The first-order valence-electron chi connectivity index (χ1n) is 5.07. The average molecular weight is 257 g/mol. The van der Waals surface area contributed by atoms with Gasteiger partial charge in [0, 0.05) is 17.5 Å². The predicted octanol–water partition coefficient (Wildman–Crippen LogP) is -0.388. The Kier molecular flexibility index (Phi) is 5.17. The molecule has 0 aliphatic heterocycles. The second-order valence-corrected chi connectivity index (χ2v) is 4.59. The molecule has 0 radical (unpaired) electrons. The molecule has 7 heteroatoms. The average Bonchev–Trinajstić information content (AvgIpc) is 2.31. The second kappa shape index (κ2) is 6.41. The molecule has 94 valence electrons. The number of aromatic amines is 1. The number of nitrogens with one attached hydrogen (secondary N) is 2. The van der Waals surface area contributed by atoms with Gasteiger partial charge in [-0.3, -0.25) is 9.59 Å². The van der Waals surface area contributed by atoms with Crippen molar-refractivity contribution < 1.29 is 9.90 Å². The fourth-order valence-corrected chi connectivity index (χ4v) is 1.90. The number of aromatic nitrogens is 2. The lowest BCUT2D eigenvalue weighted by atomic mass is 10.2. The molecule has 2 atom stereocenters. The topological polar surface area (TPSA) is 95.1 Å². The summed E-state index contributed by atoms with van der Waals surface area (Å²) >= 11 is 1.47. The van der Waals surface area contributed by atoms with Crippen molar-refractivity contribution in [2.45, 2.75) is 18.2 Å². The van der Waals surface area contributed by atoms with Gasteiger partial charge in [-0.25, -0.2) is 4.98 Å². The second-order valence-electron chi connectivity index (χ2n) is 3.52. The Balaban J connectivity index is 2.66. The summed E-state index contributed by atoms with van der Waals surface area (Å²) in [4.78, 5) is 28.6. The van der Waals surface area contributed by atoms with Crippen molar-refractivity contribution in [2.24, 2.45) is 0 Å². The summed E-state index contributed by atoms with van der Waals surface area (Å²) in [5.41, 5.74) is -0.207. The third-order valence-electron chi connectivity index (χ3n) is 2.30. The standard InChI is InChI=1S/C10H15N3O3S/c1-6(8(5-14)17-2)13-10(16)7-3-12-9(15)4-11-7/h3-4,6,8,14H,5H2,1-2H3,(H,12,15)(H,13,16). The maximum absolute atomic E-state index is 11.7. The maximum atomic E-state index is 11.7. The molecule has 1 aromatic rings. The normalized spacial score (nSPS) is 14.1. The highest BCUT2D eigenvalue weighted by Gasteiger charge is 2.18. The van der Waals surface area contributed by atoms with E-state index in [1.165, 1.54) is 18.0 Å². The summed E-state index contributed by atoms with van der Waals surface area (Å²) in [6.07, 6.45) is 4.18. The van der Waals surface area contributed by atoms with Crippen molar-refractivity contribution in [3.8, 4) is 0 Å². The number of aliphatic hydroxyl groups excluding tert-OH is 1. The van der Waals surface area contributed by atoms with Crippen LogP contribution in [0.3, 0.4) is 0 Å². The highest BCUT2D eigenvalue weighted by Crippen LogP contribution is 2.10. The molecule has 17 heavy (non-hydrogen) atoms. The van der Waals surface area contributed by atoms with Crippen molar-refractivity contribution in [3.05, 3.63) is 28.4 Å². The minimum absolute atomic E-state index is 0.0122. The quantitative estimate of drug-likeness (QED) is 0.668. The summed E-state index contributed by atoms with van der Waals surface area (Å²) in [5, 5.41) is 11.7. The molecule has 0 saturated carbocycles. The molecule has 0 spiro atoms. The van der Waals surface area contributed by atoms with E-state index in [-0.39, 0.29) is 35.1 Å². The van der Waals surface area contributed by atoms with Gasteiger partial charge in [-0.1, -0.05) is 0 Å². The Morgan fingerprint density at radius 2 is 2.41 bits per heavy atom. The van der Waals surface area contributed by atoms with E-state index in [1.807, 2.05) is 6.26 Å². The van der Waals surface area contributed by atoms with Gasteiger partial charge in [-0.2, -0.15) is 11.8 Å². The summed E-state index contributed by atoms with van der Waals surface area (Å²) in [6, 6.07) is -0.184. The Labute approximate surface area is 103 Å². The van der Waals surface area contributed by atoms with Crippen molar-refractivity contribution in [1.82, 2.24) is 15.3 Å². The molecule has 1 amide bonds. The van der Waals surface area contributed by atoms with E-state index in [0.29, 0.717) is 0 Å². The molecule has 1 aromatic heterocycles. The number of nitrogens with zero attached hydrogens (tertiary/aromatic N) is 1. The van der Waals surface area contributed by atoms with E-state index in [0.717, 1.165) is 6.20 Å². The van der Waals surface area contributed by atoms with Crippen LogP contribution in [0.2, 0.25) is 0 Å². The third-order valence-corrected chi connectivity index (χ3v) is 3.47. The van der Waals surface area contributed by atoms with Gasteiger partial charge >= 0.3 is 0 Å². The van der Waals surface area contributed by atoms with Gasteiger partial charge in [0.2, 0.25) is 0 Å². The van der Waals surface area contributed by atoms with E-state index >= 15 is 0 Å². The molecule has 0 fully saturated rings. The van der Waals surface area contributed by atoms with Gasteiger partial charge in [0.05, 0.1) is 12.8 Å².